The average Bonchev–Trinajstić information content (AvgIpc) is 3.81. The number of para-hydroxylation sites is 1. The highest BCUT2D eigenvalue weighted by Crippen LogP contribution is 2.65. The number of nitrogens with zero attached hydrogens (tertiary/aromatic N) is 3. The largest absolute Gasteiger partial charge is 0.496 e. The second-order valence-electron chi connectivity index (χ2n) is 16.9. The first-order valence-electron chi connectivity index (χ1n) is 19.4. The van der Waals surface area contributed by atoms with Crippen LogP contribution in [0.15, 0.2) is 48.6 Å². The number of esters is 1. The highest BCUT2D eigenvalue weighted by Gasteiger charge is 2.72. The van der Waals surface area contributed by atoms with E-state index in [1.54, 1.807) is 7.11 Å². The number of nitrogens with one attached hydrogen (secondary N) is 1. The fraction of sp³-hybridized carbons (Fsp3) is 0.595. The molecule has 1 aromatic heterocycles. The summed E-state index contributed by atoms with van der Waals surface area (Å²) in [4.78, 5) is 26.0. The molecule has 9 rings (SSSR count). The number of hydrogen-bond acceptors (Lipinski definition) is 9. The molecule has 10 unspecified atom stereocenters. The maximum Gasteiger partial charge on any atom is 0.322 e. The number of carbonyl (C=O) groups is 1. The van der Waals surface area contributed by atoms with Crippen LogP contribution in [-0.4, -0.2) is 120 Å². The van der Waals surface area contributed by atoms with Crippen molar-refractivity contribution in [2.45, 2.75) is 93.1 Å². The Kier molecular flexibility index (Phi) is 7.79. The van der Waals surface area contributed by atoms with E-state index in [4.69, 9.17) is 9.47 Å². The van der Waals surface area contributed by atoms with Gasteiger partial charge in [0, 0.05) is 84.0 Å². The molecule has 2 bridgehead atoms. The van der Waals surface area contributed by atoms with Gasteiger partial charge in [0.05, 0.1) is 32.0 Å². The Morgan fingerprint density at radius 1 is 1.06 bits per heavy atom. The third-order valence-electron chi connectivity index (χ3n) is 14.8. The van der Waals surface area contributed by atoms with Gasteiger partial charge >= 0.3 is 5.97 Å². The second-order valence-corrected chi connectivity index (χ2v) is 16.9. The topological polar surface area (TPSA) is 122 Å². The molecule has 3 fully saturated rings. The summed E-state index contributed by atoms with van der Waals surface area (Å²) in [5, 5.41) is 37.1. The number of aliphatic hydroxyl groups excluding tert-OH is 2. The number of fused-ring (bicyclic) bond motifs is 6. The molecule has 0 radical (unpaired) electrons. The Bertz CT molecular complexity index is 1960. The molecule has 4 N–H and O–H groups in total. The van der Waals surface area contributed by atoms with Crippen molar-refractivity contribution in [3.8, 4) is 5.75 Å². The van der Waals surface area contributed by atoms with E-state index in [-0.39, 0.29) is 24.0 Å². The Morgan fingerprint density at radius 3 is 2.62 bits per heavy atom. The Balaban J connectivity index is 1.34. The molecule has 0 amide bonds. The van der Waals surface area contributed by atoms with Crippen LogP contribution in [-0.2, 0) is 26.8 Å². The van der Waals surface area contributed by atoms with E-state index in [1.165, 1.54) is 7.11 Å². The number of benzene rings is 2. The molecular formula is C42H54N4O6. The van der Waals surface area contributed by atoms with Crippen molar-refractivity contribution in [3.63, 3.8) is 0 Å². The SMILES string of the molecule is CCC1(O)CC2CN(CCc3c([nH]c4ccccc34)C(C(=O)OC)(c3cc4c(cc3OC)N(C)C3C(O)C(O)C5(CC)C=CCN6CCC43C65)C2)C1. The Hall–Kier alpha value is -3.41. The van der Waals surface area contributed by atoms with Gasteiger partial charge in [0.25, 0.3) is 0 Å². The van der Waals surface area contributed by atoms with Crippen LogP contribution >= 0.6 is 0 Å². The lowest BCUT2D eigenvalue weighted by Gasteiger charge is -2.60. The monoisotopic (exact) mass is 710 g/mol. The highest BCUT2D eigenvalue weighted by atomic mass is 16.5. The number of likely N-dealkylation sites (N-methyl/N-ethyl adjacent to an activating group) is 1. The number of aromatic nitrogens is 1. The lowest BCUT2D eigenvalue weighted by Crippen LogP contribution is -2.73. The van der Waals surface area contributed by atoms with Crippen LogP contribution in [0.5, 0.6) is 5.75 Å². The molecule has 3 aromatic rings. The van der Waals surface area contributed by atoms with Crippen LogP contribution in [0.3, 0.4) is 0 Å². The minimum absolute atomic E-state index is 0.00782. The first kappa shape index (κ1) is 34.4. The Morgan fingerprint density at radius 2 is 1.87 bits per heavy atom. The number of piperidine rings is 1. The van der Waals surface area contributed by atoms with Gasteiger partial charge in [0.2, 0.25) is 0 Å². The van der Waals surface area contributed by atoms with Gasteiger partial charge in [-0.1, -0.05) is 44.2 Å². The highest BCUT2D eigenvalue weighted by molar-refractivity contribution is 5.94. The van der Waals surface area contributed by atoms with E-state index in [1.807, 2.05) is 13.1 Å². The maximum atomic E-state index is 15.1. The van der Waals surface area contributed by atoms with Crippen LogP contribution in [0.2, 0.25) is 0 Å². The van der Waals surface area contributed by atoms with Gasteiger partial charge in [0.15, 0.2) is 0 Å². The average molecular weight is 711 g/mol. The van der Waals surface area contributed by atoms with Crippen LogP contribution in [0, 0.1) is 11.3 Å². The number of ether oxygens (including phenoxy) is 2. The van der Waals surface area contributed by atoms with Crippen LogP contribution in [0.1, 0.15) is 68.3 Å². The zero-order valence-electron chi connectivity index (χ0n) is 31.2. The summed E-state index contributed by atoms with van der Waals surface area (Å²) in [5.74, 6) is 0.226. The number of anilines is 1. The molecule has 10 atom stereocenters. The third-order valence-corrected chi connectivity index (χ3v) is 14.8. The minimum atomic E-state index is -1.29. The number of rotatable bonds is 5. The van der Waals surface area contributed by atoms with Gasteiger partial charge in [-0.25, -0.2) is 0 Å². The molecule has 2 saturated heterocycles. The normalized spacial score (nSPS) is 39.2. The molecule has 1 saturated carbocycles. The molecule has 1 spiro atoms. The van der Waals surface area contributed by atoms with Crippen molar-refractivity contribution in [1.29, 1.82) is 0 Å². The third kappa shape index (κ3) is 4.27. The lowest BCUT2D eigenvalue weighted by atomic mass is 9.51. The number of methoxy groups -OCH3 is 2. The van der Waals surface area contributed by atoms with Gasteiger partial charge in [-0.15, -0.1) is 0 Å². The van der Waals surface area contributed by atoms with Crippen molar-refractivity contribution in [1.82, 2.24) is 14.8 Å². The molecule has 5 aliphatic heterocycles. The number of carbonyl (C=O) groups excluding carboxylic acids is 1. The Labute approximate surface area is 306 Å². The lowest BCUT2D eigenvalue weighted by molar-refractivity contribution is -0.147. The molecule has 10 nitrogen and oxygen atoms in total. The van der Waals surface area contributed by atoms with E-state index < -0.39 is 34.1 Å². The molecule has 6 aliphatic rings. The smallest absolute Gasteiger partial charge is 0.322 e. The first-order chi connectivity index (χ1) is 25.0. The summed E-state index contributed by atoms with van der Waals surface area (Å²) < 4.78 is 12.3. The summed E-state index contributed by atoms with van der Waals surface area (Å²) in [6.07, 6.45) is 6.32. The summed E-state index contributed by atoms with van der Waals surface area (Å²) in [6.45, 7) is 7.99. The maximum absolute atomic E-state index is 15.1. The van der Waals surface area contributed by atoms with Gasteiger partial charge in [-0.3, -0.25) is 14.6 Å². The van der Waals surface area contributed by atoms with Crippen LogP contribution in [0.25, 0.3) is 10.9 Å². The summed E-state index contributed by atoms with van der Waals surface area (Å²) in [6, 6.07) is 12.2. The molecule has 52 heavy (non-hydrogen) atoms. The summed E-state index contributed by atoms with van der Waals surface area (Å²) in [5.41, 5.74) is 2.45. The van der Waals surface area contributed by atoms with E-state index >= 15 is 4.79 Å². The van der Waals surface area contributed by atoms with E-state index in [9.17, 15) is 15.3 Å². The van der Waals surface area contributed by atoms with Gasteiger partial charge < -0.3 is 34.7 Å². The van der Waals surface area contributed by atoms with E-state index in [2.05, 4.69) is 76.0 Å². The zero-order chi connectivity index (χ0) is 36.4. The predicted octanol–water partition coefficient (Wildman–Crippen LogP) is 3.88. The van der Waals surface area contributed by atoms with Crippen molar-refractivity contribution in [2.75, 3.05) is 58.9 Å². The van der Waals surface area contributed by atoms with Gasteiger partial charge in [-0.2, -0.15) is 0 Å². The number of aliphatic hydroxyl groups is 3. The zero-order valence-corrected chi connectivity index (χ0v) is 31.2. The quantitative estimate of drug-likeness (QED) is 0.231. The van der Waals surface area contributed by atoms with Gasteiger partial charge in [-0.05, 0) is 74.2 Å². The number of H-pyrrole nitrogens is 1. The van der Waals surface area contributed by atoms with Crippen molar-refractivity contribution < 1.29 is 29.6 Å². The fourth-order valence-corrected chi connectivity index (χ4v) is 12.6. The minimum Gasteiger partial charge on any atom is -0.496 e. The molecule has 278 valence electrons. The molecule has 2 aromatic carbocycles. The molecular weight excluding hydrogens is 656 g/mol. The van der Waals surface area contributed by atoms with Crippen LogP contribution < -0.4 is 9.64 Å². The van der Waals surface area contributed by atoms with Crippen molar-refractivity contribution in [2.24, 2.45) is 11.3 Å². The summed E-state index contributed by atoms with van der Waals surface area (Å²) in [7, 11) is 5.18. The van der Waals surface area contributed by atoms with Crippen molar-refractivity contribution in [3.05, 3.63) is 70.9 Å². The predicted molar refractivity (Wildman–Crippen MR) is 200 cm³/mol. The van der Waals surface area contributed by atoms with Gasteiger partial charge in [0.1, 0.15) is 17.3 Å². The number of aromatic amines is 1. The summed E-state index contributed by atoms with van der Waals surface area (Å²) >= 11 is 0. The second kappa shape index (κ2) is 11.8. The standard InChI is InChI=1S/C42H54N4O6/c1-6-39(50)21-25-22-42(38(49)52-5,34-27(13-17-45(23-25)24-39)26-11-8-9-12-30(26)43-34)29-19-28-31(20-32(29)51-4)44(3)35-33(47)36(48)40(7-2)14-10-16-46-18-15-41(28,35)37(40)46/h8-12,14,19-20,25,33,35-37,43,47-48,50H,6-7,13,15-18,21-24H2,1-5H3. The van der Waals surface area contributed by atoms with Crippen LogP contribution in [0.4, 0.5) is 5.69 Å². The first-order valence-corrected chi connectivity index (χ1v) is 19.4. The van der Waals surface area contributed by atoms with E-state index in [0.717, 1.165) is 71.6 Å². The number of hydrogen-bond donors (Lipinski definition) is 4. The fourth-order valence-electron chi connectivity index (χ4n) is 12.6. The molecule has 6 heterocycles. The van der Waals surface area contributed by atoms with E-state index in [0.29, 0.717) is 44.4 Å². The molecule has 1 aliphatic carbocycles. The van der Waals surface area contributed by atoms with Crippen molar-refractivity contribution >= 4 is 22.6 Å². The molecule has 10 heteroatoms.